The highest BCUT2D eigenvalue weighted by Gasteiger charge is 2.27. The van der Waals surface area contributed by atoms with Crippen molar-refractivity contribution in [2.45, 2.75) is 6.43 Å². The lowest BCUT2D eigenvalue weighted by Crippen LogP contribution is -2.04. The van der Waals surface area contributed by atoms with Gasteiger partial charge in [-0.3, -0.25) is 4.79 Å². The van der Waals surface area contributed by atoms with Crippen LogP contribution in [0.4, 0.5) is 14.6 Å². The van der Waals surface area contributed by atoms with Gasteiger partial charge < -0.3 is 10.1 Å². The van der Waals surface area contributed by atoms with Crippen molar-refractivity contribution < 1.29 is 18.5 Å². The zero-order valence-electron chi connectivity index (χ0n) is 7.55. The molecule has 0 N–H and O–H groups in total. The number of aldehydes is 1. The minimum atomic E-state index is -3.12. The number of rotatable bonds is 3. The van der Waals surface area contributed by atoms with E-state index in [1.807, 2.05) is 0 Å². The van der Waals surface area contributed by atoms with Gasteiger partial charge in [-0.05, 0) is 16.0 Å². The Morgan fingerprint density at radius 3 is 2.62 bits per heavy atom. The number of carbonyl (C=O) groups is 1. The fourth-order valence-electron chi connectivity index (χ4n) is 1.02. The van der Waals surface area contributed by atoms with Crippen LogP contribution in [0.25, 0.3) is 0 Å². The van der Waals surface area contributed by atoms with E-state index in [1.54, 1.807) is 0 Å². The average molecular weight is 227 g/mol. The van der Waals surface area contributed by atoms with E-state index in [9.17, 15) is 23.7 Å². The number of hydrogen-bond acceptors (Lipinski definition) is 5. The van der Waals surface area contributed by atoms with Crippen LogP contribution in [0.2, 0.25) is 0 Å². The molecule has 0 aliphatic carbocycles. The Bertz CT molecular complexity index is 496. The van der Waals surface area contributed by atoms with Crippen LogP contribution in [0.1, 0.15) is 28.0 Å². The van der Waals surface area contributed by atoms with E-state index in [4.69, 9.17) is 5.26 Å². The predicted molar refractivity (Wildman–Crippen MR) is 46.0 cm³/mol. The summed E-state index contributed by atoms with van der Waals surface area (Å²) in [5.41, 5.74) is -2.06. The van der Waals surface area contributed by atoms with Gasteiger partial charge in [0.2, 0.25) is 5.69 Å². The molecule has 1 aromatic rings. The molecular formula is C8H3F2N3O3. The first-order chi connectivity index (χ1) is 7.51. The molecule has 0 aromatic carbocycles. The van der Waals surface area contributed by atoms with Crippen LogP contribution in [0, 0.1) is 21.4 Å². The standard InChI is InChI=1S/C8H3F2N3O3/c9-7(10)6-5(3-14)1-4(2-11)8(12-6)13(15)16/h1,3,7H. The van der Waals surface area contributed by atoms with Gasteiger partial charge in [0.05, 0.1) is 5.56 Å². The van der Waals surface area contributed by atoms with Crippen molar-refractivity contribution in [3.05, 3.63) is 33.0 Å². The molecule has 0 aliphatic rings. The van der Waals surface area contributed by atoms with Gasteiger partial charge in [-0.2, -0.15) is 5.26 Å². The zero-order chi connectivity index (χ0) is 12.3. The Balaban J connectivity index is 3.54. The van der Waals surface area contributed by atoms with Crippen LogP contribution in [0.15, 0.2) is 6.07 Å². The second-order valence-corrected chi connectivity index (χ2v) is 2.62. The molecule has 8 heteroatoms. The molecule has 0 saturated heterocycles. The number of hydrogen-bond donors (Lipinski definition) is 0. The number of alkyl halides is 2. The quantitative estimate of drug-likeness (QED) is 0.443. The third kappa shape index (κ3) is 1.98. The van der Waals surface area contributed by atoms with Crippen molar-refractivity contribution in [1.29, 1.82) is 5.26 Å². The Morgan fingerprint density at radius 2 is 2.25 bits per heavy atom. The fourth-order valence-corrected chi connectivity index (χ4v) is 1.02. The maximum absolute atomic E-state index is 12.4. The average Bonchev–Trinajstić information content (AvgIpc) is 2.26. The predicted octanol–water partition coefficient (Wildman–Crippen LogP) is 1.61. The minimum Gasteiger partial charge on any atom is -0.358 e. The van der Waals surface area contributed by atoms with Crippen LogP contribution in [-0.2, 0) is 0 Å². The van der Waals surface area contributed by atoms with E-state index >= 15 is 0 Å². The molecule has 0 atom stereocenters. The van der Waals surface area contributed by atoms with E-state index in [0.29, 0.717) is 0 Å². The Labute approximate surface area is 87.3 Å². The lowest BCUT2D eigenvalue weighted by Gasteiger charge is -2.00. The van der Waals surface area contributed by atoms with Crippen molar-refractivity contribution in [3.8, 4) is 6.07 Å². The monoisotopic (exact) mass is 227 g/mol. The summed E-state index contributed by atoms with van der Waals surface area (Å²) >= 11 is 0. The minimum absolute atomic E-state index is 0.0685. The summed E-state index contributed by atoms with van der Waals surface area (Å²) in [6.07, 6.45) is -3.05. The summed E-state index contributed by atoms with van der Waals surface area (Å²) in [6, 6.07) is 2.13. The zero-order valence-corrected chi connectivity index (χ0v) is 7.55. The summed E-state index contributed by atoms with van der Waals surface area (Å²) in [4.78, 5) is 22.8. The van der Waals surface area contributed by atoms with E-state index in [1.165, 1.54) is 6.07 Å². The second-order valence-electron chi connectivity index (χ2n) is 2.62. The van der Waals surface area contributed by atoms with E-state index in [2.05, 4.69) is 4.98 Å². The summed E-state index contributed by atoms with van der Waals surface area (Å²) in [5.74, 6) is -0.983. The largest absolute Gasteiger partial charge is 0.381 e. The lowest BCUT2D eigenvalue weighted by molar-refractivity contribution is -0.390. The van der Waals surface area contributed by atoms with Gasteiger partial charge in [0, 0.05) is 0 Å². The highest BCUT2D eigenvalue weighted by molar-refractivity contribution is 5.78. The number of carbonyl (C=O) groups excluding carboxylic acids is 1. The van der Waals surface area contributed by atoms with Gasteiger partial charge >= 0.3 is 12.2 Å². The van der Waals surface area contributed by atoms with Gasteiger partial charge in [0.25, 0.3) is 0 Å². The first kappa shape index (κ1) is 11.6. The number of nitrogens with zero attached hydrogens (tertiary/aromatic N) is 3. The maximum Gasteiger partial charge on any atom is 0.381 e. The number of halogens is 2. The number of nitriles is 1. The number of nitro groups is 1. The van der Waals surface area contributed by atoms with Crippen molar-refractivity contribution in [1.82, 2.24) is 4.98 Å². The SMILES string of the molecule is N#Cc1cc(C=O)c(C(F)F)nc1[N+](=O)[O-]. The number of pyridine rings is 1. The second kappa shape index (κ2) is 4.39. The van der Waals surface area contributed by atoms with Gasteiger partial charge in [-0.25, -0.2) is 8.78 Å². The van der Waals surface area contributed by atoms with Crippen LogP contribution in [0.5, 0.6) is 0 Å². The molecule has 1 heterocycles. The van der Waals surface area contributed by atoms with Crippen LogP contribution < -0.4 is 0 Å². The molecule has 0 spiro atoms. The molecule has 0 amide bonds. The molecular weight excluding hydrogens is 224 g/mol. The molecule has 0 bridgehead atoms. The van der Waals surface area contributed by atoms with Crippen molar-refractivity contribution in [3.63, 3.8) is 0 Å². The highest BCUT2D eigenvalue weighted by atomic mass is 19.3. The van der Waals surface area contributed by atoms with Crippen molar-refractivity contribution in [2.24, 2.45) is 0 Å². The summed E-state index contributed by atoms with van der Waals surface area (Å²) in [7, 11) is 0. The molecule has 82 valence electrons. The summed E-state index contributed by atoms with van der Waals surface area (Å²) in [6.45, 7) is 0. The normalized spacial score (nSPS) is 9.88. The van der Waals surface area contributed by atoms with E-state index in [0.717, 1.165) is 6.07 Å². The molecule has 0 fully saturated rings. The smallest absolute Gasteiger partial charge is 0.358 e. The van der Waals surface area contributed by atoms with Gasteiger partial charge in [-0.15, -0.1) is 0 Å². The molecule has 1 rings (SSSR count). The molecule has 0 saturated carbocycles. The van der Waals surface area contributed by atoms with Gasteiger partial charge in [0.1, 0.15) is 6.07 Å². The van der Waals surface area contributed by atoms with Crippen LogP contribution >= 0.6 is 0 Å². The van der Waals surface area contributed by atoms with Crippen LogP contribution in [-0.4, -0.2) is 16.2 Å². The van der Waals surface area contributed by atoms with E-state index in [-0.39, 0.29) is 6.29 Å². The van der Waals surface area contributed by atoms with Crippen molar-refractivity contribution in [2.75, 3.05) is 0 Å². The lowest BCUT2D eigenvalue weighted by atomic mass is 10.1. The third-order valence-electron chi connectivity index (χ3n) is 1.69. The molecule has 0 unspecified atom stereocenters. The Hall–Kier alpha value is -2.43. The maximum atomic E-state index is 12.4. The van der Waals surface area contributed by atoms with E-state index < -0.39 is 34.0 Å². The summed E-state index contributed by atoms with van der Waals surface area (Å²) < 4.78 is 24.7. The Kier molecular flexibility index (Phi) is 3.20. The van der Waals surface area contributed by atoms with Gasteiger partial charge in [-0.1, -0.05) is 0 Å². The van der Waals surface area contributed by atoms with Crippen molar-refractivity contribution >= 4 is 12.1 Å². The highest BCUT2D eigenvalue weighted by Crippen LogP contribution is 2.25. The third-order valence-corrected chi connectivity index (χ3v) is 1.69. The van der Waals surface area contributed by atoms with Crippen LogP contribution in [0.3, 0.4) is 0 Å². The molecule has 16 heavy (non-hydrogen) atoms. The fraction of sp³-hybridized carbons (Fsp3) is 0.125. The summed E-state index contributed by atoms with van der Waals surface area (Å²) in [5, 5.41) is 18.9. The number of aromatic nitrogens is 1. The van der Waals surface area contributed by atoms with Gasteiger partial charge in [0.15, 0.2) is 11.8 Å². The first-order valence-corrected chi connectivity index (χ1v) is 3.84. The topological polar surface area (TPSA) is 96.9 Å². The molecule has 1 aromatic heterocycles. The molecule has 0 radical (unpaired) electrons. The Morgan fingerprint density at radius 1 is 1.62 bits per heavy atom. The first-order valence-electron chi connectivity index (χ1n) is 3.84. The molecule has 6 nitrogen and oxygen atoms in total. The molecule has 0 aliphatic heterocycles.